The fraction of sp³-hybridized carbons (Fsp3) is 0.810. The van der Waals surface area contributed by atoms with Gasteiger partial charge in [-0.25, -0.2) is 8.78 Å². The van der Waals surface area contributed by atoms with Crippen LogP contribution in [0.15, 0.2) is 0 Å². The number of amides is 3. The van der Waals surface area contributed by atoms with E-state index in [4.69, 9.17) is 0 Å². The molecule has 8 nitrogen and oxygen atoms in total. The fourth-order valence-corrected chi connectivity index (χ4v) is 4.49. The van der Waals surface area contributed by atoms with Crippen molar-refractivity contribution in [1.29, 1.82) is 0 Å². The van der Waals surface area contributed by atoms with Crippen molar-refractivity contribution in [2.24, 2.45) is 11.3 Å². The first-order valence-corrected chi connectivity index (χ1v) is 11.3. The monoisotopic (exact) mass is 533 g/mol. The normalized spacial score (nSPS) is 24.6. The number of alkyl halides is 7. The molecule has 2 aliphatic heterocycles. The summed E-state index contributed by atoms with van der Waals surface area (Å²) in [6, 6.07) is -2.99. The zero-order chi connectivity index (χ0) is 27.1. The summed E-state index contributed by atoms with van der Waals surface area (Å²) in [5.41, 5.74) is -0.550. The summed E-state index contributed by atoms with van der Waals surface area (Å²) in [5.74, 6) is -14.0. The second kappa shape index (κ2) is 9.78. The number of hydrogen-bond acceptors (Lipinski definition) is 5. The molecule has 36 heavy (non-hydrogen) atoms. The largest absolute Gasteiger partial charge is 0.522 e. The van der Waals surface area contributed by atoms with E-state index in [-0.39, 0.29) is 39.3 Å². The lowest BCUT2D eigenvalue weighted by atomic mass is 9.95. The minimum absolute atomic E-state index is 0.0164. The minimum Gasteiger partial charge on any atom is -0.356 e. The second-order valence-corrected chi connectivity index (χ2v) is 9.79. The lowest BCUT2D eigenvalue weighted by Gasteiger charge is -2.29. The van der Waals surface area contributed by atoms with Gasteiger partial charge in [0.2, 0.25) is 17.7 Å². The van der Waals surface area contributed by atoms with Crippen molar-refractivity contribution >= 4 is 23.5 Å². The Morgan fingerprint density at radius 3 is 2.31 bits per heavy atom. The molecule has 0 radical (unpaired) electrons. The molecule has 3 fully saturated rings. The Kier molecular flexibility index (Phi) is 7.64. The van der Waals surface area contributed by atoms with Crippen molar-refractivity contribution in [3.05, 3.63) is 0 Å². The molecule has 0 aromatic carbocycles. The van der Waals surface area contributed by atoms with E-state index in [0.717, 1.165) is 4.90 Å². The smallest absolute Gasteiger partial charge is 0.356 e. The molecular formula is C21H26F7N3O5. The fourth-order valence-electron chi connectivity index (χ4n) is 4.49. The number of ketones is 1. The third-order valence-electron chi connectivity index (χ3n) is 6.87. The average Bonchev–Trinajstić information content (AvgIpc) is 3.19. The van der Waals surface area contributed by atoms with Crippen LogP contribution in [0.1, 0.15) is 45.4 Å². The molecule has 2 N–H and O–H groups in total. The van der Waals surface area contributed by atoms with Crippen LogP contribution in [0.3, 0.4) is 0 Å². The van der Waals surface area contributed by atoms with Gasteiger partial charge in [-0.05, 0) is 37.5 Å². The van der Waals surface area contributed by atoms with Crippen molar-refractivity contribution in [3.8, 4) is 0 Å². The van der Waals surface area contributed by atoms with Crippen LogP contribution >= 0.6 is 0 Å². The van der Waals surface area contributed by atoms with Crippen molar-refractivity contribution in [2.75, 3.05) is 19.7 Å². The molecule has 1 aliphatic carbocycles. The molecule has 3 rings (SSSR count). The molecular weight excluding hydrogens is 507 g/mol. The highest BCUT2D eigenvalue weighted by Gasteiger charge is 2.58. The van der Waals surface area contributed by atoms with E-state index < -0.39 is 78.2 Å². The molecule has 3 amide bonds. The van der Waals surface area contributed by atoms with Gasteiger partial charge in [-0.2, -0.15) is 8.78 Å². The lowest BCUT2D eigenvalue weighted by Crippen LogP contribution is -2.53. The summed E-state index contributed by atoms with van der Waals surface area (Å²) in [6.45, 7) is -1.34. The van der Waals surface area contributed by atoms with E-state index in [2.05, 4.69) is 15.4 Å². The third kappa shape index (κ3) is 6.65. The van der Waals surface area contributed by atoms with Gasteiger partial charge >= 0.3 is 18.2 Å². The van der Waals surface area contributed by atoms with Gasteiger partial charge in [0.15, 0.2) is 5.78 Å². The Hall–Kier alpha value is -2.45. The Morgan fingerprint density at radius 2 is 1.81 bits per heavy atom. The SMILES string of the molecule is CC(F)(F)C(F)(F)CC(=O)N1CC2(CC2)C[C@H]1C(=O)NC(C[C@@H]1CCNC1=O)C(=O)COC(F)(F)F. The van der Waals surface area contributed by atoms with E-state index in [1.165, 1.54) is 0 Å². The summed E-state index contributed by atoms with van der Waals surface area (Å²) in [7, 11) is 0. The highest BCUT2D eigenvalue weighted by molar-refractivity contribution is 5.94. The number of ether oxygens (including phenoxy) is 1. The van der Waals surface area contributed by atoms with Gasteiger partial charge in [0.1, 0.15) is 12.6 Å². The minimum atomic E-state index is -5.13. The van der Waals surface area contributed by atoms with Crippen LogP contribution in [0, 0.1) is 11.3 Å². The summed E-state index contributed by atoms with van der Waals surface area (Å²) in [4.78, 5) is 50.7. The van der Waals surface area contributed by atoms with Crippen LogP contribution in [0.4, 0.5) is 30.7 Å². The first kappa shape index (κ1) is 28.1. The van der Waals surface area contributed by atoms with Gasteiger partial charge in [0.05, 0.1) is 12.5 Å². The number of halogens is 7. The van der Waals surface area contributed by atoms with Crippen LogP contribution in [0.5, 0.6) is 0 Å². The quantitative estimate of drug-likeness (QED) is 0.419. The maximum Gasteiger partial charge on any atom is 0.522 e. The lowest BCUT2D eigenvalue weighted by molar-refractivity contribution is -0.321. The number of rotatable bonds is 10. The number of carbonyl (C=O) groups excluding carboxylic acids is 4. The molecule has 1 unspecified atom stereocenters. The van der Waals surface area contributed by atoms with Gasteiger partial charge in [0, 0.05) is 25.9 Å². The van der Waals surface area contributed by atoms with Crippen molar-refractivity contribution in [1.82, 2.24) is 15.5 Å². The van der Waals surface area contributed by atoms with E-state index in [0.29, 0.717) is 12.8 Å². The van der Waals surface area contributed by atoms with Crippen molar-refractivity contribution < 1.29 is 54.6 Å². The average molecular weight is 533 g/mol. The number of Topliss-reactive ketones (excluding diaryl/α,β-unsaturated/α-hetero) is 1. The third-order valence-corrected chi connectivity index (χ3v) is 6.87. The van der Waals surface area contributed by atoms with Gasteiger partial charge in [0.25, 0.3) is 0 Å². The Balaban J connectivity index is 1.75. The standard InChI is InChI=1S/C21H26F7N3O5/c1-18(22,23)20(24,25)8-15(33)31-10-19(3-4-19)7-13(31)17(35)30-12(6-11-2-5-29-16(11)34)14(32)9-36-21(26,27)28/h11-13H,2-10H2,1H3,(H,29,34)(H,30,35)/t11-,12?,13-/m0/s1. The van der Waals surface area contributed by atoms with Crippen LogP contribution in [-0.2, 0) is 23.9 Å². The molecule has 1 spiro atoms. The van der Waals surface area contributed by atoms with E-state index in [9.17, 15) is 49.9 Å². The number of hydrogen-bond donors (Lipinski definition) is 2. The molecule has 0 aromatic heterocycles. The van der Waals surface area contributed by atoms with Gasteiger partial charge in [-0.15, -0.1) is 13.2 Å². The molecule has 2 heterocycles. The topological polar surface area (TPSA) is 105 Å². The molecule has 3 atom stereocenters. The van der Waals surface area contributed by atoms with Gasteiger partial charge in [-0.1, -0.05) is 0 Å². The zero-order valence-electron chi connectivity index (χ0n) is 19.2. The first-order valence-electron chi connectivity index (χ1n) is 11.3. The zero-order valence-corrected chi connectivity index (χ0v) is 19.2. The van der Waals surface area contributed by atoms with Gasteiger partial charge < -0.3 is 15.5 Å². The van der Waals surface area contributed by atoms with Gasteiger partial charge in [-0.3, -0.25) is 23.9 Å². The van der Waals surface area contributed by atoms with Crippen LogP contribution in [0.2, 0.25) is 0 Å². The number of carbonyl (C=O) groups is 4. The molecule has 0 bridgehead atoms. The Morgan fingerprint density at radius 1 is 1.17 bits per heavy atom. The second-order valence-electron chi connectivity index (χ2n) is 9.79. The Bertz CT molecular complexity index is 901. The number of nitrogens with one attached hydrogen (secondary N) is 2. The summed E-state index contributed by atoms with van der Waals surface area (Å²) >= 11 is 0. The van der Waals surface area contributed by atoms with E-state index in [1.807, 2.05) is 0 Å². The molecule has 3 aliphatic rings. The highest BCUT2D eigenvalue weighted by atomic mass is 19.4. The van der Waals surface area contributed by atoms with Crippen LogP contribution < -0.4 is 10.6 Å². The number of nitrogens with zero attached hydrogens (tertiary/aromatic N) is 1. The van der Waals surface area contributed by atoms with E-state index >= 15 is 0 Å². The predicted octanol–water partition coefficient (Wildman–Crippen LogP) is 2.16. The van der Waals surface area contributed by atoms with E-state index in [1.54, 1.807) is 0 Å². The molecule has 0 aromatic rings. The van der Waals surface area contributed by atoms with Crippen molar-refractivity contribution in [3.63, 3.8) is 0 Å². The molecule has 204 valence electrons. The van der Waals surface area contributed by atoms with Crippen molar-refractivity contribution in [2.45, 2.75) is 75.7 Å². The summed E-state index contributed by atoms with van der Waals surface area (Å²) < 4.78 is 95.0. The van der Waals surface area contributed by atoms with Crippen LogP contribution in [-0.4, -0.2) is 78.4 Å². The maximum atomic E-state index is 13.8. The first-order chi connectivity index (χ1) is 16.4. The van der Waals surface area contributed by atoms with Crippen LogP contribution in [0.25, 0.3) is 0 Å². The molecule has 15 heteroatoms. The number of likely N-dealkylation sites (tertiary alicyclic amines) is 1. The molecule has 1 saturated carbocycles. The molecule has 2 saturated heterocycles. The predicted molar refractivity (Wildman–Crippen MR) is 107 cm³/mol. The Labute approximate surface area is 201 Å². The highest BCUT2D eigenvalue weighted by Crippen LogP contribution is 2.55. The summed E-state index contributed by atoms with van der Waals surface area (Å²) in [5, 5.41) is 4.73. The maximum absolute atomic E-state index is 13.8. The summed E-state index contributed by atoms with van der Waals surface area (Å²) in [6.07, 6.45) is -5.92.